The van der Waals surface area contributed by atoms with E-state index in [1.165, 1.54) is 0 Å². The summed E-state index contributed by atoms with van der Waals surface area (Å²) in [6, 6.07) is 0. The van der Waals surface area contributed by atoms with E-state index in [0.29, 0.717) is 5.88 Å². The van der Waals surface area contributed by atoms with Gasteiger partial charge < -0.3 is 5.32 Å². The maximum Gasteiger partial charge on any atom is 0.206 e. The maximum atomic E-state index is 5.80. The fraction of sp³-hybridized carbons (Fsp3) is 0.778. The predicted molar refractivity (Wildman–Crippen MR) is 62.3 cm³/mol. The summed E-state index contributed by atoms with van der Waals surface area (Å²) in [7, 11) is 0. The van der Waals surface area contributed by atoms with Crippen molar-refractivity contribution in [1.82, 2.24) is 10.2 Å². The van der Waals surface area contributed by atoms with E-state index in [-0.39, 0.29) is 5.54 Å². The number of nitrogens with one attached hydrogen (secondary N) is 1. The van der Waals surface area contributed by atoms with Gasteiger partial charge in [0, 0.05) is 17.8 Å². The number of aryl methyl sites for hydroxylation is 1. The van der Waals surface area contributed by atoms with Crippen molar-refractivity contribution >= 4 is 28.1 Å². The molecule has 0 saturated heterocycles. The van der Waals surface area contributed by atoms with Crippen LogP contribution in [-0.2, 0) is 6.42 Å². The van der Waals surface area contributed by atoms with Crippen molar-refractivity contribution in [2.75, 3.05) is 11.2 Å². The Bertz CT molecular complexity index is 285. The molecule has 1 aromatic rings. The van der Waals surface area contributed by atoms with Crippen LogP contribution in [0.1, 0.15) is 32.2 Å². The second-order valence-corrected chi connectivity index (χ2v) is 5.22. The Morgan fingerprint density at radius 2 is 2.14 bits per heavy atom. The Kier molecular flexibility index (Phi) is 4.13. The highest BCUT2D eigenvalue weighted by molar-refractivity contribution is 7.15. The lowest BCUT2D eigenvalue weighted by atomic mass is 10.1. The summed E-state index contributed by atoms with van der Waals surface area (Å²) in [4.78, 5) is 0. The molecule has 0 aromatic carbocycles. The van der Waals surface area contributed by atoms with Crippen molar-refractivity contribution in [3.8, 4) is 0 Å². The van der Waals surface area contributed by atoms with Gasteiger partial charge in [-0.3, -0.25) is 0 Å². The summed E-state index contributed by atoms with van der Waals surface area (Å²) in [5, 5.41) is 13.4. The van der Waals surface area contributed by atoms with Crippen LogP contribution in [0.15, 0.2) is 0 Å². The molecule has 0 radical (unpaired) electrons. The molecule has 0 spiro atoms. The first-order chi connectivity index (χ1) is 6.57. The van der Waals surface area contributed by atoms with Crippen molar-refractivity contribution in [2.24, 2.45) is 0 Å². The van der Waals surface area contributed by atoms with E-state index in [0.717, 1.165) is 23.0 Å². The van der Waals surface area contributed by atoms with Crippen LogP contribution >= 0.6 is 22.9 Å². The minimum Gasteiger partial charge on any atom is -0.354 e. The number of alkyl halides is 1. The van der Waals surface area contributed by atoms with E-state index in [9.17, 15) is 0 Å². The molecule has 1 aromatic heterocycles. The number of hydrogen-bond acceptors (Lipinski definition) is 4. The highest BCUT2D eigenvalue weighted by Crippen LogP contribution is 2.21. The standard InChI is InChI=1S/C9H16ClN3S/c1-4-5-7-12-13-8(14-7)11-9(2,3)6-10/h4-6H2,1-3H3,(H,11,13). The second kappa shape index (κ2) is 4.94. The number of aromatic nitrogens is 2. The molecule has 0 aliphatic heterocycles. The third-order valence-corrected chi connectivity index (χ3v) is 3.28. The topological polar surface area (TPSA) is 37.8 Å². The van der Waals surface area contributed by atoms with E-state index in [2.05, 4.69) is 22.4 Å². The van der Waals surface area contributed by atoms with Gasteiger partial charge in [0.1, 0.15) is 5.01 Å². The van der Waals surface area contributed by atoms with Crippen molar-refractivity contribution in [3.63, 3.8) is 0 Å². The molecule has 1 N–H and O–H groups in total. The fourth-order valence-electron chi connectivity index (χ4n) is 0.942. The number of halogens is 1. The maximum absolute atomic E-state index is 5.80. The van der Waals surface area contributed by atoms with E-state index in [1.54, 1.807) is 11.3 Å². The van der Waals surface area contributed by atoms with Crippen LogP contribution in [0.25, 0.3) is 0 Å². The Morgan fingerprint density at radius 1 is 1.43 bits per heavy atom. The summed E-state index contributed by atoms with van der Waals surface area (Å²) >= 11 is 7.41. The van der Waals surface area contributed by atoms with E-state index in [4.69, 9.17) is 11.6 Å². The van der Waals surface area contributed by atoms with Gasteiger partial charge in [-0.1, -0.05) is 18.3 Å². The van der Waals surface area contributed by atoms with E-state index in [1.807, 2.05) is 13.8 Å². The summed E-state index contributed by atoms with van der Waals surface area (Å²) < 4.78 is 0. The molecule has 14 heavy (non-hydrogen) atoms. The lowest BCUT2D eigenvalue weighted by Gasteiger charge is -2.21. The monoisotopic (exact) mass is 233 g/mol. The third-order valence-electron chi connectivity index (χ3n) is 1.71. The molecule has 5 heteroatoms. The van der Waals surface area contributed by atoms with Crippen molar-refractivity contribution in [2.45, 2.75) is 39.2 Å². The lowest BCUT2D eigenvalue weighted by molar-refractivity contribution is 0.639. The zero-order valence-electron chi connectivity index (χ0n) is 8.80. The SMILES string of the molecule is CCCc1nnc(NC(C)(C)CCl)s1. The van der Waals surface area contributed by atoms with E-state index < -0.39 is 0 Å². The number of nitrogens with zero attached hydrogens (tertiary/aromatic N) is 2. The highest BCUT2D eigenvalue weighted by atomic mass is 35.5. The molecule has 0 amide bonds. The Morgan fingerprint density at radius 3 is 2.71 bits per heavy atom. The summed E-state index contributed by atoms with van der Waals surface area (Å²) in [5.41, 5.74) is -0.120. The third kappa shape index (κ3) is 3.42. The van der Waals surface area contributed by atoms with Gasteiger partial charge in [0.15, 0.2) is 0 Å². The van der Waals surface area contributed by atoms with Gasteiger partial charge in [0.05, 0.1) is 0 Å². The van der Waals surface area contributed by atoms with Gasteiger partial charge in [-0.15, -0.1) is 21.8 Å². The molecule has 0 saturated carbocycles. The zero-order chi connectivity index (χ0) is 10.6. The molecule has 1 rings (SSSR count). The van der Waals surface area contributed by atoms with Crippen molar-refractivity contribution < 1.29 is 0 Å². The Labute approximate surface area is 93.9 Å². The number of anilines is 1. The van der Waals surface area contributed by atoms with Gasteiger partial charge in [-0.05, 0) is 20.3 Å². The van der Waals surface area contributed by atoms with Crippen LogP contribution in [0.5, 0.6) is 0 Å². The minimum absolute atomic E-state index is 0.120. The molecule has 0 unspecified atom stereocenters. The Hall–Kier alpha value is -0.350. The molecular formula is C9H16ClN3S. The molecule has 0 fully saturated rings. The van der Waals surface area contributed by atoms with Crippen LogP contribution in [-0.4, -0.2) is 21.6 Å². The number of hydrogen-bond donors (Lipinski definition) is 1. The molecule has 0 bridgehead atoms. The quantitative estimate of drug-likeness (QED) is 0.795. The average Bonchev–Trinajstić information content (AvgIpc) is 2.53. The molecule has 80 valence electrons. The summed E-state index contributed by atoms with van der Waals surface area (Å²) in [5.74, 6) is 0.551. The van der Waals surface area contributed by atoms with Crippen LogP contribution in [0, 0.1) is 0 Å². The first-order valence-corrected chi connectivity index (χ1v) is 6.09. The van der Waals surface area contributed by atoms with Crippen LogP contribution in [0.2, 0.25) is 0 Å². The first kappa shape index (κ1) is 11.7. The highest BCUT2D eigenvalue weighted by Gasteiger charge is 2.17. The molecular weight excluding hydrogens is 218 g/mol. The molecule has 1 heterocycles. The van der Waals surface area contributed by atoms with Crippen LogP contribution < -0.4 is 5.32 Å². The smallest absolute Gasteiger partial charge is 0.206 e. The average molecular weight is 234 g/mol. The van der Waals surface area contributed by atoms with E-state index >= 15 is 0 Å². The molecule has 3 nitrogen and oxygen atoms in total. The molecule has 0 aliphatic carbocycles. The second-order valence-electron chi connectivity index (χ2n) is 3.89. The Balaban J connectivity index is 2.59. The van der Waals surface area contributed by atoms with Crippen molar-refractivity contribution in [3.05, 3.63) is 5.01 Å². The van der Waals surface area contributed by atoms with Crippen LogP contribution in [0.3, 0.4) is 0 Å². The minimum atomic E-state index is -0.120. The predicted octanol–water partition coefficient (Wildman–Crippen LogP) is 2.92. The van der Waals surface area contributed by atoms with Gasteiger partial charge in [0.25, 0.3) is 0 Å². The molecule has 0 aliphatic rings. The van der Waals surface area contributed by atoms with Gasteiger partial charge in [-0.25, -0.2) is 0 Å². The van der Waals surface area contributed by atoms with Crippen LogP contribution in [0.4, 0.5) is 5.13 Å². The summed E-state index contributed by atoms with van der Waals surface area (Å²) in [6.07, 6.45) is 2.11. The fourth-order valence-corrected chi connectivity index (χ4v) is 2.03. The molecule has 0 atom stereocenters. The first-order valence-electron chi connectivity index (χ1n) is 4.74. The summed E-state index contributed by atoms with van der Waals surface area (Å²) in [6.45, 7) is 6.22. The van der Waals surface area contributed by atoms with Gasteiger partial charge in [-0.2, -0.15) is 0 Å². The zero-order valence-corrected chi connectivity index (χ0v) is 10.4. The van der Waals surface area contributed by atoms with Gasteiger partial charge >= 0.3 is 0 Å². The lowest BCUT2D eigenvalue weighted by Crippen LogP contribution is -2.32. The van der Waals surface area contributed by atoms with Crippen molar-refractivity contribution in [1.29, 1.82) is 0 Å². The van der Waals surface area contributed by atoms with Gasteiger partial charge in [0.2, 0.25) is 5.13 Å². The largest absolute Gasteiger partial charge is 0.354 e. The number of rotatable bonds is 5. The normalized spacial score (nSPS) is 11.7.